The van der Waals surface area contributed by atoms with E-state index in [1.807, 2.05) is 24.4 Å². The Kier molecular flexibility index (Phi) is 4.31. The average molecular weight is 283 g/mol. The van der Waals surface area contributed by atoms with Gasteiger partial charge < -0.3 is 10.6 Å². The molecule has 2 aromatic heterocycles. The Hall–Kier alpha value is -2.14. The number of rotatable bonds is 4. The van der Waals surface area contributed by atoms with Gasteiger partial charge >= 0.3 is 0 Å². The van der Waals surface area contributed by atoms with Crippen molar-refractivity contribution in [1.82, 2.24) is 14.9 Å². The highest BCUT2D eigenvalue weighted by Crippen LogP contribution is 2.22. The third-order valence-electron chi connectivity index (χ3n) is 3.95. The summed E-state index contributed by atoms with van der Waals surface area (Å²) < 4.78 is 0. The number of hydrogen-bond donors (Lipinski definition) is 1. The normalized spacial score (nSPS) is 16.1. The van der Waals surface area contributed by atoms with Crippen LogP contribution in [-0.2, 0) is 6.42 Å². The summed E-state index contributed by atoms with van der Waals surface area (Å²) in [5.41, 5.74) is 9.03. The third kappa shape index (κ3) is 3.49. The lowest BCUT2D eigenvalue weighted by Gasteiger charge is -2.36. The molecule has 0 aliphatic carbocycles. The molecule has 3 rings (SSSR count). The molecule has 0 radical (unpaired) electrons. The van der Waals surface area contributed by atoms with Gasteiger partial charge in [0.1, 0.15) is 0 Å². The van der Waals surface area contributed by atoms with Crippen LogP contribution in [0.4, 0.5) is 11.4 Å². The van der Waals surface area contributed by atoms with Crippen LogP contribution in [0.1, 0.15) is 5.69 Å². The van der Waals surface area contributed by atoms with E-state index in [2.05, 4.69) is 25.8 Å². The Bertz CT molecular complexity index is 564. The Labute approximate surface area is 125 Å². The molecule has 1 fully saturated rings. The zero-order chi connectivity index (χ0) is 14.5. The maximum Gasteiger partial charge on any atom is 0.0738 e. The first-order chi connectivity index (χ1) is 10.3. The topological polar surface area (TPSA) is 58.3 Å². The van der Waals surface area contributed by atoms with Crippen LogP contribution in [0.5, 0.6) is 0 Å². The number of nitrogen functional groups attached to an aromatic ring is 1. The van der Waals surface area contributed by atoms with Crippen LogP contribution in [0.25, 0.3) is 0 Å². The Morgan fingerprint density at radius 3 is 2.62 bits per heavy atom. The van der Waals surface area contributed by atoms with Crippen molar-refractivity contribution in [3.8, 4) is 0 Å². The average Bonchev–Trinajstić information content (AvgIpc) is 2.55. The van der Waals surface area contributed by atoms with Crippen molar-refractivity contribution in [2.24, 2.45) is 0 Å². The fourth-order valence-corrected chi connectivity index (χ4v) is 2.72. The molecule has 5 heteroatoms. The molecule has 0 spiro atoms. The van der Waals surface area contributed by atoms with Crippen LogP contribution in [-0.4, -0.2) is 47.6 Å². The molecule has 0 bridgehead atoms. The zero-order valence-corrected chi connectivity index (χ0v) is 12.2. The van der Waals surface area contributed by atoms with E-state index >= 15 is 0 Å². The van der Waals surface area contributed by atoms with Gasteiger partial charge in [0, 0.05) is 57.2 Å². The summed E-state index contributed by atoms with van der Waals surface area (Å²) in [4.78, 5) is 13.3. The van der Waals surface area contributed by atoms with Crippen molar-refractivity contribution in [1.29, 1.82) is 0 Å². The van der Waals surface area contributed by atoms with Crippen LogP contribution < -0.4 is 10.6 Å². The van der Waals surface area contributed by atoms with Crippen molar-refractivity contribution in [3.63, 3.8) is 0 Å². The summed E-state index contributed by atoms with van der Waals surface area (Å²) in [6.07, 6.45) is 6.40. The lowest BCUT2D eigenvalue weighted by Crippen LogP contribution is -2.47. The molecule has 0 amide bonds. The van der Waals surface area contributed by atoms with Gasteiger partial charge in [-0.2, -0.15) is 0 Å². The molecule has 0 aromatic carbocycles. The largest absolute Gasteiger partial charge is 0.396 e. The standard InChI is InChI=1S/C16H21N5/c17-15-13-18-7-4-16(15)21-11-9-20(10-12-21)8-5-14-3-1-2-6-19-14/h1-4,6-7,13H,5,8-12,17H2. The number of anilines is 2. The predicted octanol–water partition coefficient (Wildman–Crippen LogP) is 1.42. The Balaban J connectivity index is 1.50. The molecule has 110 valence electrons. The maximum absolute atomic E-state index is 5.99. The van der Waals surface area contributed by atoms with Crippen molar-refractivity contribution < 1.29 is 0 Å². The van der Waals surface area contributed by atoms with E-state index in [4.69, 9.17) is 5.73 Å². The smallest absolute Gasteiger partial charge is 0.0738 e. The molecule has 1 aliphatic rings. The van der Waals surface area contributed by atoms with Gasteiger partial charge in [0.2, 0.25) is 0 Å². The molecule has 1 aliphatic heterocycles. The van der Waals surface area contributed by atoms with E-state index in [1.54, 1.807) is 12.4 Å². The predicted molar refractivity (Wildman–Crippen MR) is 85.2 cm³/mol. The molecule has 0 atom stereocenters. The lowest BCUT2D eigenvalue weighted by atomic mass is 10.2. The number of pyridine rings is 2. The molecule has 2 N–H and O–H groups in total. The van der Waals surface area contributed by atoms with Crippen LogP contribution in [0, 0.1) is 0 Å². The van der Waals surface area contributed by atoms with E-state index in [9.17, 15) is 0 Å². The fraction of sp³-hybridized carbons (Fsp3) is 0.375. The second-order valence-corrected chi connectivity index (χ2v) is 5.33. The van der Waals surface area contributed by atoms with E-state index in [0.29, 0.717) is 0 Å². The monoisotopic (exact) mass is 283 g/mol. The molecular weight excluding hydrogens is 262 g/mol. The molecule has 2 aromatic rings. The maximum atomic E-state index is 5.99. The second kappa shape index (κ2) is 6.54. The van der Waals surface area contributed by atoms with Gasteiger partial charge in [-0.25, -0.2) is 0 Å². The minimum atomic E-state index is 0.763. The van der Waals surface area contributed by atoms with Crippen molar-refractivity contribution in [2.45, 2.75) is 6.42 Å². The Morgan fingerprint density at radius 2 is 1.90 bits per heavy atom. The van der Waals surface area contributed by atoms with Gasteiger partial charge in [0.25, 0.3) is 0 Å². The van der Waals surface area contributed by atoms with E-state index < -0.39 is 0 Å². The zero-order valence-electron chi connectivity index (χ0n) is 12.2. The quantitative estimate of drug-likeness (QED) is 0.919. The van der Waals surface area contributed by atoms with Crippen LogP contribution in [0.2, 0.25) is 0 Å². The van der Waals surface area contributed by atoms with Gasteiger partial charge in [0.05, 0.1) is 17.6 Å². The van der Waals surface area contributed by atoms with Crippen molar-refractivity contribution >= 4 is 11.4 Å². The van der Waals surface area contributed by atoms with Crippen LogP contribution in [0.15, 0.2) is 42.9 Å². The number of aromatic nitrogens is 2. The van der Waals surface area contributed by atoms with Gasteiger partial charge in [-0.05, 0) is 18.2 Å². The fourth-order valence-electron chi connectivity index (χ4n) is 2.72. The molecule has 5 nitrogen and oxygen atoms in total. The van der Waals surface area contributed by atoms with Crippen LogP contribution in [0.3, 0.4) is 0 Å². The minimum Gasteiger partial charge on any atom is -0.396 e. The highest BCUT2D eigenvalue weighted by molar-refractivity contribution is 5.66. The summed E-state index contributed by atoms with van der Waals surface area (Å²) in [5, 5.41) is 0. The van der Waals surface area contributed by atoms with E-state index in [1.165, 1.54) is 5.69 Å². The summed E-state index contributed by atoms with van der Waals surface area (Å²) in [7, 11) is 0. The molecule has 21 heavy (non-hydrogen) atoms. The minimum absolute atomic E-state index is 0.763. The first kappa shape index (κ1) is 13.8. The summed E-state index contributed by atoms with van der Waals surface area (Å²) in [6.45, 7) is 5.22. The molecule has 0 unspecified atom stereocenters. The van der Waals surface area contributed by atoms with Crippen molar-refractivity contribution in [2.75, 3.05) is 43.4 Å². The highest BCUT2D eigenvalue weighted by atomic mass is 15.3. The number of hydrogen-bond acceptors (Lipinski definition) is 5. The lowest BCUT2D eigenvalue weighted by molar-refractivity contribution is 0.260. The first-order valence-electron chi connectivity index (χ1n) is 7.39. The molecule has 3 heterocycles. The van der Waals surface area contributed by atoms with E-state index in [-0.39, 0.29) is 0 Å². The summed E-state index contributed by atoms with van der Waals surface area (Å²) >= 11 is 0. The molecular formula is C16H21N5. The Morgan fingerprint density at radius 1 is 1.05 bits per heavy atom. The van der Waals surface area contributed by atoms with Gasteiger partial charge in [-0.15, -0.1) is 0 Å². The SMILES string of the molecule is Nc1cnccc1N1CCN(CCc2ccccn2)CC1. The van der Waals surface area contributed by atoms with E-state index in [0.717, 1.165) is 50.5 Å². The van der Waals surface area contributed by atoms with Gasteiger partial charge in [-0.1, -0.05) is 6.07 Å². The summed E-state index contributed by atoms with van der Waals surface area (Å²) in [6, 6.07) is 8.10. The second-order valence-electron chi connectivity index (χ2n) is 5.33. The van der Waals surface area contributed by atoms with Crippen LogP contribution >= 0.6 is 0 Å². The summed E-state index contributed by atoms with van der Waals surface area (Å²) in [5.74, 6) is 0. The number of piperazine rings is 1. The number of nitrogens with two attached hydrogens (primary N) is 1. The first-order valence-corrected chi connectivity index (χ1v) is 7.39. The van der Waals surface area contributed by atoms with Gasteiger partial charge in [0.15, 0.2) is 0 Å². The molecule has 1 saturated heterocycles. The molecule has 0 saturated carbocycles. The number of nitrogens with zero attached hydrogens (tertiary/aromatic N) is 4. The van der Waals surface area contributed by atoms with Crippen molar-refractivity contribution in [3.05, 3.63) is 48.5 Å². The van der Waals surface area contributed by atoms with Gasteiger partial charge in [-0.3, -0.25) is 14.9 Å². The highest BCUT2D eigenvalue weighted by Gasteiger charge is 2.18. The third-order valence-corrected chi connectivity index (χ3v) is 3.95.